The summed E-state index contributed by atoms with van der Waals surface area (Å²) in [7, 11) is 4.91. The summed E-state index contributed by atoms with van der Waals surface area (Å²) in [6.07, 6.45) is 2.55. The summed E-state index contributed by atoms with van der Waals surface area (Å²) in [5.74, 6) is 3.94. The van der Waals surface area contributed by atoms with Crippen molar-refractivity contribution in [2.45, 2.75) is 40.0 Å². The van der Waals surface area contributed by atoms with Crippen molar-refractivity contribution >= 4 is 29.9 Å². The van der Waals surface area contributed by atoms with Gasteiger partial charge < -0.3 is 30.0 Å². The summed E-state index contributed by atoms with van der Waals surface area (Å²) in [4.78, 5) is 4.73. The number of aliphatic imine (C=N–C) groups is 1. The molecule has 0 bridgehead atoms. The number of methoxy groups -OCH3 is 3. The van der Waals surface area contributed by atoms with Crippen LogP contribution in [0.5, 0.6) is 17.2 Å². The van der Waals surface area contributed by atoms with E-state index in [9.17, 15) is 5.11 Å². The van der Waals surface area contributed by atoms with Crippen molar-refractivity contribution < 1.29 is 19.3 Å². The Morgan fingerprint density at radius 1 is 1.07 bits per heavy atom. The smallest absolute Gasteiger partial charge is 0.191 e. The topological polar surface area (TPSA) is 84.3 Å². The second kappa shape index (κ2) is 16.3. The van der Waals surface area contributed by atoms with Crippen molar-refractivity contribution in [3.05, 3.63) is 17.7 Å². The second-order valence-corrected chi connectivity index (χ2v) is 7.41. The fourth-order valence-corrected chi connectivity index (χ4v) is 3.33. The van der Waals surface area contributed by atoms with Crippen LogP contribution in [0.25, 0.3) is 0 Å². The van der Waals surface area contributed by atoms with Crippen LogP contribution in [0.1, 0.15) is 39.2 Å². The molecule has 1 aromatic rings. The summed E-state index contributed by atoms with van der Waals surface area (Å²) in [5.41, 5.74) is 0.983. The van der Waals surface area contributed by atoms with Crippen LogP contribution in [0.15, 0.2) is 17.1 Å². The Hall–Kier alpha value is -1.42. The first kappa shape index (κ1) is 28.6. The van der Waals surface area contributed by atoms with E-state index in [0.717, 1.165) is 42.4 Å². The van der Waals surface area contributed by atoms with Gasteiger partial charge in [0, 0.05) is 43.9 Å². The molecule has 0 radical (unpaired) electrons. The number of hydrogen-bond donors (Lipinski definition) is 3. The minimum absolute atomic E-state index is 0. The molecule has 0 aromatic heterocycles. The fraction of sp³-hybridized carbons (Fsp3) is 0.682. The maximum atomic E-state index is 9.31. The molecule has 0 amide bonds. The number of nitrogens with one attached hydrogen (secondary N) is 2. The zero-order valence-corrected chi connectivity index (χ0v) is 21.6. The first-order valence-corrected chi connectivity index (χ1v) is 10.4. The molecule has 0 aliphatic carbocycles. The van der Waals surface area contributed by atoms with E-state index >= 15 is 0 Å². The molecule has 0 aliphatic heterocycles. The number of ether oxygens (including phenoxy) is 3. The predicted molar refractivity (Wildman–Crippen MR) is 134 cm³/mol. The summed E-state index contributed by atoms with van der Waals surface area (Å²) in [5, 5.41) is 16.0. The Labute approximate surface area is 199 Å². The van der Waals surface area contributed by atoms with E-state index in [1.165, 1.54) is 0 Å². The molecule has 8 heteroatoms. The molecule has 1 rings (SSSR count). The largest absolute Gasteiger partial charge is 0.496 e. The van der Waals surface area contributed by atoms with E-state index in [1.54, 1.807) is 21.3 Å². The van der Waals surface area contributed by atoms with Gasteiger partial charge in [0.1, 0.15) is 17.2 Å². The molecule has 1 atom stereocenters. The average Bonchev–Trinajstić information content (AvgIpc) is 2.71. The molecular formula is C22H40IN3O4. The van der Waals surface area contributed by atoms with Crippen LogP contribution in [0.4, 0.5) is 0 Å². The highest BCUT2D eigenvalue weighted by molar-refractivity contribution is 14.0. The van der Waals surface area contributed by atoms with Crippen LogP contribution in [0.2, 0.25) is 0 Å². The van der Waals surface area contributed by atoms with Crippen LogP contribution in [-0.4, -0.2) is 58.6 Å². The fourth-order valence-electron chi connectivity index (χ4n) is 3.33. The third-order valence-electron chi connectivity index (χ3n) is 4.68. The van der Waals surface area contributed by atoms with Crippen molar-refractivity contribution in [1.29, 1.82) is 0 Å². The lowest BCUT2D eigenvalue weighted by Gasteiger charge is -2.18. The number of benzene rings is 1. The summed E-state index contributed by atoms with van der Waals surface area (Å²) in [6, 6.07) is 3.73. The number of aliphatic hydroxyl groups excluding tert-OH is 1. The molecule has 0 saturated heterocycles. The van der Waals surface area contributed by atoms with Gasteiger partial charge in [-0.05, 0) is 38.0 Å². The zero-order chi connectivity index (χ0) is 21.6. The van der Waals surface area contributed by atoms with Gasteiger partial charge in [0.05, 0.1) is 21.3 Å². The van der Waals surface area contributed by atoms with E-state index in [-0.39, 0.29) is 30.6 Å². The van der Waals surface area contributed by atoms with Gasteiger partial charge in [0.2, 0.25) is 0 Å². The van der Waals surface area contributed by atoms with Crippen LogP contribution < -0.4 is 24.8 Å². The van der Waals surface area contributed by atoms with Crippen LogP contribution in [0, 0.1) is 11.8 Å². The van der Waals surface area contributed by atoms with Gasteiger partial charge in [-0.25, -0.2) is 0 Å². The molecule has 1 aromatic carbocycles. The minimum atomic E-state index is 0. The summed E-state index contributed by atoms with van der Waals surface area (Å²) in [6.45, 7) is 8.82. The van der Waals surface area contributed by atoms with E-state index in [2.05, 4.69) is 24.5 Å². The number of halogens is 1. The molecule has 0 saturated carbocycles. The molecule has 0 spiro atoms. The maximum Gasteiger partial charge on any atom is 0.191 e. The normalized spacial score (nSPS) is 12.2. The molecule has 0 heterocycles. The predicted octanol–water partition coefficient (Wildman–Crippen LogP) is 3.47. The highest BCUT2D eigenvalue weighted by Gasteiger charge is 2.14. The van der Waals surface area contributed by atoms with Gasteiger partial charge in [-0.1, -0.05) is 13.8 Å². The number of aliphatic hydroxyl groups is 1. The first-order valence-electron chi connectivity index (χ1n) is 10.4. The van der Waals surface area contributed by atoms with Crippen molar-refractivity contribution in [3.8, 4) is 17.2 Å². The lowest BCUT2D eigenvalue weighted by atomic mass is 9.94. The molecule has 30 heavy (non-hydrogen) atoms. The second-order valence-electron chi connectivity index (χ2n) is 7.41. The van der Waals surface area contributed by atoms with Crippen LogP contribution in [-0.2, 0) is 6.42 Å². The Morgan fingerprint density at radius 2 is 1.70 bits per heavy atom. The molecule has 0 aliphatic rings. The average molecular weight is 537 g/mol. The van der Waals surface area contributed by atoms with E-state index in [0.29, 0.717) is 37.1 Å². The van der Waals surface area contributed by atoms with Crippen LogP contribution >= 0.6 is 24.0 Å². The Balaban J connectivity index is 0.00000841. The lowest BCUT2D eigenvalue weighted by molar-refractivity contribution is 0.245. The van der Waals surface area contributed by atoms with Crippen molar-refractivity contribution in [3.63, 3.8) is 0 Å². The van der Waals surface area contributed by atoms with Crippen molar-refractivity contribution in [1.82, 2.24) is 10.6 Å². The Kier molecular flexibility index (Phi) is 15.5. The van der Waals surface area contributed by atoms with Crippen molar-refractivity contribution in [2.75, 3.05) is 47.6 Å². The van der Waals surface area contributed by atoms with Crippen LogP contribution in [0.3, 0.4) is 0 Å². The SMILES string of the molecule is CCNC(=NCC(CCO)CC(C)C)NCCc1c(OC)cc(OC)cc1OC.I. The summed E-state index contributed by atoms with van der Waals surface area (Å²) < 4.78 is 16.3. The van der Waals surface area contributed by atoms with Gasteiger partial charge in [0.25, 0.3) is 0 Å². The Morgan fingerprint density at radius 3 is 2.17 bits per heavy atom. The monoisotopic (exact) mass is 537 g/mol. The number of nitrogens with zero attached hydrogens (tertiary/aromatic N) is 1. The molecule has 174 valence electrons. The zero-order valence-electron chi connectivity index (χ0n) is 19.3. The van der Waals surface area contributed by atoms with Gasteiger partial charge in [-0.15, -0.1) is 24.0 Å². The van der Waals surface area contributed by atoms with Gasteiger partial charge in [-0.3, -0.25) is 4.99 Å². The minimum Gasteiger partial charge on any atom is -0.496 e. The maximum absolute atomic E-state index is 9.31. The summed E-state index contributed by atoms with van der Waals surface area (Å²) >= 11 is 0. The quantitative estimate of drug-likeness (QED) is 0.203. The molecule has 1 unspecified atom stereocenters. The number of guanidine groups is 1. The van der Waals surface area contributed by atoms with Gasteiger partial charge in [-0.2, -0.15) is 0 Å². The van der Waals surface area contributed by atoms with E-state index in [1.807, 2.05) is 19.1 Å². The molecule has 7 nitrogen and oxygen atoms in total. The first-order chi connectivity index (χ1) is 14.0. The highest BCUT2D eigenvalue weighted by atomic mass is 127. The molecule has 0 fully saturated rings. The standard InChI is InChI=1S/C22H39N3O4.HI/c1-7-23-22(25-15-17(9-11-26)12-16(2)3)24-10-8-19-20(28-5)13-18(27-4)14-21(19)29-6;/h13-14,16-17,26H,7-12,15H2,1-6H3,(H2,23,24,25);1H. The Bertz CT molecular complexity index is 601. The third-order valence-corrected chi connectivity index (χ3v) is 4.68. The highest BCUT2D eigenvalue weighted by Crippen LogP contribution is 2.34. The molecule has 3 N–H and O–H groups in total. The number of rotatable bonds is 13. The lowest BCUT2D eigenvalue weighted by Crippen LogP contribution is -2.38. The van der Waals surface area contributed by atoms with E-state index < -0.39 is 0 Å². The van der Waals surface area contributed by atoms with Crippen molar-refractivity contribution in [2.24, 2.45) is 16.8 Å². The number of hydrogen-bond acceptors (Lipinski definition) is 5. The van der Waals surface area contributed by atoms with E-state index in [4.69, 9.17) is 19.2 Å². The van der Waals surface area contributed by atoms with Gasteiger partial charge in [0.15, 0.2) is 5.96 Å². The third kappa shape index (κ3) is 10.1. The molecular weight excluding hydrogens is 497 g/mol. The van der Waals surface area contributed by atoms with Gasteiger partial charge >= 0.3 is 0 Å².